The van der Waals surface area contributed by atoms with Crippen molar-refractivity contribution >= 4 is 0 Å². The van der Waals surface area contributed by atoms with E-state index in [0.717, 1.165) is 12.0 Å². The number of hydrogen-bond acceptors (Lipinski definition) is 2. The quantitative estimate of drug-likeness (QED) is 0.897. The van der Waals surface area contributed by atoms with Gasteiger partial charge in [-0.25, -0.2) is 0 Å². The summed E-state index contributed by atoms with van der Waals surface area (Å²) in [5.41, 5.74) is 3.12. The molecule has 0 spiro atoms. The number of hydrogen-bond donors (Lipinski definition) is 1. The molecule has 104 valence electrons. The Labute approximate surface area is 117 Å². The van der Waals surface area contributed by atoms with Gasteiger partial charge in [0.2, 0.25) is 0 Å². The van der Waals surface area contributed by atoms with E-state index in [1.807, 2.05) is 0 Å². The van der Waals surface area contributed by atoms with E-state index in [2.05, 4.69) is 41.5 Å². The Morgan fingerprint density at radius 2 is 1.84 bits per heavy atom. The molecule has 1 saturated carbocycles. The van der Waals surface area contributed by atoms with Crippen molar-refractivity contribution < 1.29 is 0 Å². The van der Waals surface area contributed by atoms with Crippen molar-refractivity contribution in [3.63, 3.8) is 0 Å². The molecule has 1 aliphatic carbocycles. The maximum Gasteiger partial charge on any atom is 0.0236 e. The van der Waals surface area contributed by atoms with Crippen LogP contribution >= 0.6 is 0 Å². The zero-order chi connectivity index (χ0) is 13.1. The molecule has 2 aliphatic rings. The van der Waals surface area contributed by atoms with Gasteiger partial charge in [0.15, 0.2) is 0 Å². The first-order valence-electron chi connectivity index (χ1n) is 7.81. The highest BCUT2D eigenvalue weighted by Gasteiger charge is 2.23. The van der Waals surface area contributed by atoms with E-state index in [1.165, 1.54) is 51.7 Å². The van der Waals surface area contributed by atoms with E-state index >= 15 is 0 Å². The third-order valence-corrected chi connectivity index (χ3v) is 4.98. The Morgan fingerprint density at radius 1 is 1.11 bits per heavy atom. The molecule has 1 aromatic rings. The topological polar surface area (TPSA) is 15.3 Å². The Balaban J connectivity index is 1.52. The van der Waals surface area contributed by atoms with Gasteiger partial charge in [0.25, 0.3) is 0 Å². The van der Waals surface area contributed by atoms with Gasteiger partial charge in [0.1, 0.15) is 0 Å². The highest BCUT2D eigenvalue weighted by Crippen LogP contribution is 2.27. The lowest BCUT2D eigenvalue weighted by Crippen LogP contribution is -2.38. The third-order valence-electron chi connectivity index (χ3n) is 4.98. The molecule has 0 saturated heterocycles. The largest absolute Gasteiger partial charge is 0.317 e. The second-order valence-corrected chi connectivity index (χ2v) is 6.26. The molecule has 0 atom stereocenters. The normalized spacial score (nSPS) is 28.1. The van der Waals surface area contributed by atoms with Crippen LogP contribution in [0.3, 0.4) is 0 Å². The van der Waals surface area contributed by atoms with Crippen molar-refractivity contribution in [2.45, 2.75) is 44.7 Å². The molecule has 1 N–H and O–H groups in total. The second kappa shape index (κ2) is 6.06. The highest BCUT2D eigenvalue weighted by molar-refractivity contribution is 5.29. The molecule has 3 rings (SSSR count). The molecule has 2 nitrogen and oxygen atoms in total. The smallest absolute Gasteiger partial charge is 0.0236 e. The molecule has 0 unspecified atom stereocenters. The minimum atomic E-state index is 0.776. The molecule has 0 amide bonds. The zero-order valence-corrected chi connectivity index (χ0v) is 12.1. The van der Waals surface area contributed by atoms with Crippen LogP contribution in [-0.4, -0.2) is 31.1 Å². The Morgan fingerprint density at radius 3 is 2.58 bits per heavy atom. The van der Waals surface area contributed by atoms with Gasteiger partial charge in [-0.05, 0) is 56.2 Å². The lowest BCUT2D eigenvalue weighted by atomic mass is 9.85. The van der Waals surface area contributed by atoms with E-state index in [1.54, 1.807) is 11.1 Å². The minimum Gasteiger partial charge on any atom is -0.317 e. The number of fused-ring (bicyclic) bond motifs is 1. The van der Waals surface area contributed by atoms with Crippen LogP contribution in [0.1, 0.15) is 36.8 Å². The van der Waals surface area contributed by atoms with Gasteiger partial charge in [-0.1, -0.05) is 24.3 Å². The fourth-order valence-electron chi connectivity index (χ4n) is 3.71. The molecule has 19 heavy (non-hydrogen) atoms. The molecular formula is C17H26N2. The highest BCUT2D eigenvalue weighted by atomic mass is 15.1. The Kier molecular flexibility index (Phi) is 4.19. The first-order valence-corrected chi connectivity index (χ1v) is 7.81. The van der Waals surface area contributed by atoms with E-state index in [0.29, 0.717) is 0 Å². The van der Waals surface area contributed by atoms with Crippen LogP contribution < -0.4 is 5.32 Å². The van der Waals surface area contributed by atoms with Crippen LogP contribution in [0.2, 0.25) is 0 Å². The van der Waals surface area contributed by atoms with E-state index in [-0.39, 0.29) is 0 Å². The fourth-order valence-corrected chi connectivity index (χ4v) is 3.71. The summed E-state index contributed by atoms with van der Waals surface area (Å²) in [4.78, 5) is 2.67. The summed E-state index contributed by atoms with van der Waals surface area (Å²) in [5.74, 6) is 0.926. The predicted molar refractivity (Wildman–Crippen MR) is 80.2 cm³/mol. The summed E-state index contributed by atoms with van der Waals surface area (Å²) in [5, 5.41) is 3.43. The molecule has 0 bridgehead atoms. The zero-order valence-electron chi connectivity index (χ0n) is 12.1. The van der Waals surface area contributed by atoms with Gasteiger partial charge >= 0.3 is 0 Å². The van der Waals surface area contributed by atoms with Crippen LogP contribution in [0.4, 0.5) is 0 Å². The average Bonchev–Trinajstić information content (AvgIpc) is 2.48. The van der Waals surface area contributed by atoms with Crippen LogP contribution in [-0.2, 0) is 13.0 Å². The van der Waals surface area contributed by atoms with Crippen molar-refractivity contribution in [2.24, 2.45) is 5.92 Å². The van der Waals surface area contributed by atoms with Crippen LogP contribution in [0.25, 0.3) is 0 Å². The first kappa shape index (κ1) is 13.1. The number of rotatable bonds is 3. The van der Waals surface area contributed by atoms with E-state index in [9.17, 15) is 0 Å². The summed E-state index contributed by atoms with van der Waals surface area (Å²) >= 11 is 0. The summed E-state index contributed by atoms with van der Waals surface area (Å²) in [6, 6.07) is 9.73. The Bertz CT molecular complexity index is 407. The van der Waals surface area contributed by atoms with Crippen molar-refractivity contribution in [3.05, 3.63) is 35.4 Å². The van der Waals surface area contributed by atoms with Crippen molar-refractivity contribution in [1.29, 1.82) is 0 Å². The molecule has 1 aliphatic heterocycles. The summed E-state index contributed by atoms with van der Waals surface area (Å²) in [6.45, 7) is 3.73. The standard InChI is InChI=1S/C17H26N2/c1-18-17-8-6-14(7-9-17)12-19-11-10-15-4-2-3-5-16(15)13-19/h2-5,14,17-18H,6-13H2,1H3. The number of benzene rings is 1. The fraction of sp³-hybridized carbons (Fsp3) is 0.647. The van der Waals surface area contributed by atoms with Crippen LogP contribution in [0.5, 0.6) is 0 Å². The van der Waals surface area contributed by atoms with E-state index in [4.69, 9.17) is 0 Å². The van der Waals surface area contributed by atoms with Crippen LogP contribution in [0, 0.1) is 5.92 Å². The molecular weight excluding hydrogens is 232 g/mol. The SMILES string of the molecule is CNC1CCC(CN2CCc3ccccc3C2)CC1. The van der Waals surface area contributed by atoms with Crippen LogP contribution in [0.15, 0.2) is 24.3 Å². The molecule has 1 aromatic carbocycles. The lowest BCUT2D eigenvalue weighted by molar-refractivity contribution is 0.177. The van der Waals surface area contributed by atoms with Crippen molar-refractivity contribution in [3.8, 4) is 0 Å². The van der Waals surface area contributed by atoms with Gasteiger partial charge in [0.05, 0.1) is 0 Å². The molecule has 2 heteroatoms. The monoisotopic (exact) mass is 258 g/mol. The summed E-state index contributed by atoms with van der Waals surface area (Å²) in [6.07, 6.45) is 6.78. The number of nitrogens with zero attached hydrogens (tertiary/aromatic N) is 1. The van der Waals surface area contributed by atoms with Gasteiger partial charge < -0.3 is 5.32 Å². The number of nitrogens with one attached hydrogen (secondary N) is 1. The minimum absolute atomic E-state index is 0.776. The lowest BCUT2D eigenvalue weighted by Gasteiger charge is -2.35. The van der Waals surface area contributed by atoms with Gasteiger partial charge in [-0.2, -0.15) is 0 Å². The maximum atomic E-state index is 3.43. The van der Waals surface area contributed by atoms with Gasteiger partial charge in [0, 0.05) is 25.7 Å². The molecule has 1 heterocycles. The van der Waals surface area contributed by atoms with Gasteiger partial charge in [-0.3, -0.25) is 4.90 Å². The maximum absolute atomic E-state index is 3.43. The average molecular weight is 258 g/mol. The molecule has 0 aromatic heterocycles. The molecule has 0 radical (unpaired) electrons. The molecule has 1 fully saturated rings. The first-order chi connectivity index (χ1) is 9.35. The third kappa shape index (κ3) is 3.18. The van der Waals surface area contributed by atoms with Crippen molar-refractivity contribution in [2.75, 3.05) is 20.1 Å². The van der Waals surface area contributed by atoms with E-state index < -0.39 is 0 Å². The van der Waals surface area contributed by atoms with Gasteiger partial charge in [-0.15, -0.1) is 0 Å². The summed E-state index contributed by atoms with van der Waals surface area (Å²) in [7, 11) is 2.10. The van der Waals surface area contributed by atoms with Crippen molar-refractivity contribution in [1.82, 2.24) is 10.2 Å². The summed E-state index contributed by atoms with van der Waals surface area (Å²) < 4.78 is 0. The Hall–Kier alpha value is -0.860. The second-order valence-electron chi connectivity index (χ2n) is 6.26. The predicted octanol–water partition coefficient (Wildman–Crippen LogP) is 2.82.